The van der Waals surface area contributed by atoms with E-state index in [0.717, 1.165) is 18.2 Å². The van der Waals surface area contributed by atoms with Gasteiger partial charge in [-0.25, -0.2) is 0 Å². The number of hydrogen-bond donors (Lipinski definition) is 0. The second-order valence-electron chi connectivity index (χ2n) is 2.19. The fraction of sp³-hybridized carbons (Fsp3) is 0.143. The van der Waals surface area contributed by atoms with Gasteiger partial charge in [0.15, 0.2) is 0 Å². The van der Waals surface area contributed by atoms with Crippen molar-refractivity contribution in [1.82, 2.24) is 0 Å². The lowest BCUT2D eigenvalue weighted by Crippen LogP contribution is -2.08. The zero-order valence-corrected chi connectivity index (χ0v) is 6.13. The molecule has 0 N–H and O–H groups in total. The Hall–Kier alpha value is -1.59. The van der Waals surface area contributed by atoms with Crippen LogP contribution in [0.15, 0.2) is 18.2 Å². The van der Waals surface area contributed by atoms with E-state index in [1.165, 1.54) is 0 Å². The summed E-state index contributed by atoms with van der Waals surface area (Å²) in [6, 6.07) is 4.70. The molecule has 69 valence electrons. The van der Waals surface area contributed by atoms with Gasteiger partial charge in [-0.3, -0.25) is 10.1 Å². The van der Waals surface area contributed by atoms with Crippen LogP contribution in [0.25, 0.3) is 0 Å². The lowest BCUT2D eigenvalue weighted by atomic mass is 10.2. The van der Waals surface area contributed by atoms with E-state index in [1.54, 1.807) is 6.07 Å². The van der Waals surface area contributed by atoms with Crippen LogP contribution < -0.4 is 0 Å². The van der Waals surface area contributed by atoms with Gasteiger partial charge in [0, 0.05) is 12.1 Å². The molecule has 6 heteroatoms. The molecule has 1 rings (SSSR count). The molecule has 0 aliphatic heterocycles. The van der Waals surface area contributed by atoms with Crippen molar-refractivity contribution in [1.29, 1.82) is 0 Å². The maximum atomic E-state index is 12.1. The molecule has 0 heterocycles. The first-order valence-corrected chi connectivity index (χ1v) is 3.15. The molecule has 0 aliphatic rings. The van der Waals surface area contributed by atoms with Gasteiger partial charge in [0.25, 0.3) is 5.69 Å². The Kier molecular flexibility index (Phi) is 2.22. The molecular formula is C7H3F3NO2. The first-order chi connectivity index (χ1) is 5.93. The summed E-state index contributed by atoms with van der Waals surface area (Å²) in [6.07, 6.45) is -4.73. The number of hydrogen-bond acceptors (Lipinski definition) is 2. The average Bonchev–Trinajstić information content (AvgIpc) is 2.03. The minimum absolute atomic E-state index is 0.791. The number of benzene rings is 1. The van der Waals surface area contributed by atoms with Crippen LogP contribution in [0.5, 0.6) is 0 Å². The first-order valence-electron chi connectivity index (χ1n) is 3.15. The van der Waals surface area contributed by atoms with Crippen molar-refractivity contribution in [3.05, 3.63) is 39.9 Å². The quantitative estimate of drug-likeness (QED) is 0.504. The summed E-state index contributed by atoms with van der Waals surface area (Å²) in [5, 5.41) is 10.2. The maximum Gasteiger partial charge on any atom is 0.423 e. The second-order valence-corrected chi connectivity index (χ2v) is 2.19. The lowest BCUT2D eigenvalue weighted by Gasteiger charge is -2.05. The molecule has 0 saturated carbocycles. The molecule has 0 spiro atoms. The van der Waals surface area contributed by atoms with Gasteiger partial charge < -0.3 is 0 Å². The van der Waals surface area contributed by atoms with Gasteiger partial charge in [-0.05, 0) is 0 Å². The zero-order chi connectivity index (χ0) is 10.1. The summed E-state index contributed by atoms with van der Waals surface area (Å²) in [5.74, 6) is 0. The Labute approximate surface area is 70.9 Å². The molecule has 0 bridgehead atoms. The van der Waals surface area contributed by atoms with Crippen molar-refractivity contribution < 1.29 is 18.1 Å². The topological polar surface area (TPSA) is 43.1 Å². The highest BCUT2D eigenvalue weighted by Crippen LogP contribution is 2.34. The van der Waals surface area contributed by atoms with E-state index in [4.69, 9.17) is 0 Å². The largest absolute Gasteiger partial charge is 0.423 e. The highest BCUT2D eigenvalue weighted by Gasteiger charge is 2.37. The Morgan fingerprint density at radius 2 is 2.08 bits per heavy atom. The average molecular weight is 190 g/mol. The standard InChI is InChI=1S/C7H3F3NO2/c8-7(9,10)5-3-1-2-4-6(5)11(12)13/h1-2,4H. The maximum absolute atomic E-state index is 12.1. The summed E-state index contributed by atoms with van der Waals surface area (Å²) in [6.45, 7) is 0. The van der Waals surface area contributed by atoms with Crippen LogP contribution in [0, 0.1) is 16.2 Å². The molecule has 1 aromatic rings. The zero-order valence-electron chi connectivity index (χ0n) is 6.13. The SMILES string of the molecule is O=[N+]([O-])c1ccc[c]c1C(F)(F)F. The van der Waals surface area contributed by atoms with Crippen LogP contribution in [0.1, 0.15) is 5.56 Å². The third-order valence-electron chi connectivity index (χ3n) is 1.31. The fourth-order valence-corrected chi connectivity index (χ4v) is 0.807. The van der Waals surface area contributed by atoms with Crippen LogP contribution >= 0.6 is 0 Å². The Morgan fingerprint density at radius 3 is 2.46 bits per heavy atom. The predicted octanol–water partition coefficient (Wildman–Crippen LogP) is 2.41. The van der Waals surface area contributed by atoms with Crippen molar-refractivity contribution in [3.63, 3.8) is 0 Å². The van der Waals surface area contributed by atoms with Crippen LogP contribution in [0.3, 0.4) is 0 Å². The van der Waals surface area contributed by atoms with Crippen LogP contribution in [0.2, 0.25) is 0 Å². The number of alkyl halides is 3. The first kappa shape index (κ1) is 9.50. The van der Waals surface area contributed by atoms with Crippen molar-refractivity contribution in [2.24, 2.45) is 0 Å². The van der Waals surface area contributed by atoms with E-state index < -0.39 is 22.4 Å². The fourth-order valence-electron chi connectivity index (χ4n) is 0.807. The Morgan fingerprint density at radius 1 is 1.46 bits per heavy atom. The molecule has 0 unspecified atom stereocenters. The van der Waals surface area contributed by atoms with Gasteiger partial charge in [-0.2, -0.15) is 13.2 Å². The molecule has 0 saturated heterocycles. The second kappa shape index (κ2) is 3.04. The van der Waals surface area contributed by atoms with Gasteiger partial charge >= 0.3 is 6.18 Å². The van der Waals surface area contributed by atoms with E-state index >= 15 is 0 Å². The Balaban J connectivity index is 3.28. The van der Waals surface area contributed by atoms with Crippen molar-refractivity contribution in [3.8, 4) is 0 Å². The minimum Gasteiger partial charge on any atom is -0.258 e. The van der Waals surface area contributed by atoms with Gasteiger partial charge in [0.05, 0.1) is 4.92 Å². The Bertz CT molecular complexity index is 335. The number of rotatable bonds is 1. The summed E-state index contributed by atoms with van der Waals surface area (Å²) >= 11 is 0. The molecular weight excluding hydrogens is 187 g/mol. The number of nitrogens with zero attached hydrogens (tertiary/aromatic N) is 1. The highest BCUT2D eigenvalue weighted by molar-refractivity contribution is 5.40. The predicted molar refractivity (Wildman–Crippen MR) is 36.9 cm³/mol. The summed E-state index contributed by atoms with van der Waals surface area (Å²) in [4.78, 5) is 9.07. The third-order valence-corrected chi connectivity index (χ3v) is 1.31. The van der Waals surface area contributed by atoms with E-state index in [-0.39, 0.29) is 0 Å². The van der Waals surface area contributed by atoms with E-state index in [2.05, 4.69) is 0 Å². The molecule has 13 heavy (non-hydrogen) atoms. The molecule has 0 aromatic heterocycles. The number of nitro groups is 1. The smallest absolute Gasteiger partial charge is 0.258 e. The summed E-state index contributed by atoms with van der Waals surface area (Å²) in [7, 11) is 0. The minimum atomic E-state index is -4.73. The van der Waals surface area contributed by atoms with Crippen molar-refractivity contribution >= 4 is 5.69 Å². The third kappa shape index (κ3) is 1.95. The summed E-state index contributed by atoms with van der Waals surface area (Å²) in [5.41, 5.74) is -2.32. The van der Waals surface area contributed by atoms with Crippen LogP contribution in [-0.4, -0.2) is 4.92 Å². The van der Waals surface area contributed by atoms with Crippen molar-refractivity contribution in [2.75, 3.05) is 0 Å². The molecule has 0 aliphatic carbocycles. The lowest BCUT2D eigenvalue weighted by molar-refractivity contribution is -0.388. The molecule has 1 aromatic carbocycles. The normalized spacial score (nSPS) is 11.3. The van der Waals surface area contributed by atoms with E-state index in [0.29, 0.717) is 0 Å². The van der Waals surface area contributed by atoms with Crippen LogP contribution in [0.4, 0.5) is 18.9 Å². The van der Waals surface area contributed by atoms with Crippen LogP contribution in [-0.2, 0) is 6.18 Å². The summed E-state index contributed by atoms with van der Waals surface area (Å²) < 4.78 is 36.2. The molecule has 3 nitrogen and oxygen atoms in total. The van der Waals surface area contributed by atoms with Gasteiger partial charge in [-0.1, -0.05) is 12.1 Å². The monoisotopic (exact) mass is 190 g/mol. The van der Waals surface area contributed by atoms with Gasteiger partial charge in [0.1, 0.15) is 5.56 Å². The molecule has 1 radical (unpaired) electrons. The molecule has 0 atom stereocenters. The molecule has 0 amide bonds. The number of halogens is 3. The van der Waals surface area contributed by atoms with Crippen molar-refractivity contribution in [2.45, 2.75) is 6.18 Å². The highest BCUT2D eigenvalue weighted by atomic mass is 19.4. The molecule has 0 fully saturated rings. The van der Waals surface area contributed by atoms with Gasteiger partial charge in [-0.15, -0.1) is 0 Å². The van der Waals surface area contributed by atoms with E-state index in [9.17, 15) is 23.3 Å². The van der Waals surface area contributed by atoms with E-state index in [1.807, 2.05) is 0 Å². The number of nitro benzene ring substituents is 1. The van der Waals surface area contributed by atoms with Gasteiger partial charge in [0.2, 0.25) is 0 Å².